The van der Waals surface area contributed by atoms with Crippen LogP contribution in [0.25, 0.3) is 0 Å². The SMILES string of the molecule is CCOc1ccc(S(=O)(=O)N(CC(=O)N(CCc2ccccc2)C(CC)C(=O)NC2CCCC2)c2ccc(F)cc2)cc1. The number of nitrogens with one attached hydrogen (secondary N) is 1. The van der Waals surface area contributed by atoms with E-state index in [-0.39, 0.29) is 29.1 Å². The van der Waals surface area contributed by atoms with Gasteiger partial charge in [0, 0.05) is 12.6 Å². The first kappa shape index (κ1) is 32.0. The lowest BCUT2D eigenvalue weighted by molar-refractivity contribution is -0.139. The average molecular weight is 610 g/mol. The van der Waals surface area contributed by atoms with Crippen molar-refractivity contribution in [2.24, 2.45) is 0 Å². The normalized spacial score (nSPS) is 14.2. The third kappa shape index (κ3) is 8.34. The van der Waals surface area contributed by atoms with Crippen LogP contribution in [0, 0.1) is 5.82 Å². The summed E-state index contributed by atoms with van der Waals surface area (Å²) in [6.45, 7) is 3.75. The third-order valence-electron chi connectivity index (χ3n) is 7.69. The molecule has 10 heteroatoms. The predicted octanol–water partition coefficient (Wildman–Crippen LogP) is 5.33. The highest BCUT2D eigenvalue weighted by Crippen LogP contribution is 2.26. The molecule has 1 aliphatic rings. The van der Waals surface area contributed by atoms with E-state index < -0.39 is 34.3 Å². The second kappa shape index (κ2) is 15.0. The molecule has 0 radical (unpaired) electrons. The average Bonchev–Trinajstić information content (AvgIpc) is 3.52. The highest BCUT2D eigenvalue weighted by molar-refractivity contribution is 7.92. The number of sulfonamides is 1. The molecule has 3 aromatic rings. The number of rotatable bonds is 14. The van der Waals surface area contributed by atoms with E-state index in [1.54, 1.807) is 12.1 Å². The molecule has 0 saturated heterocycles. The number of hydrogen-bond donors (Lipinski definition) is 1. The summed E-state index contributed by atoms with van der Waals surface area (Å²) in [6, 6.07) is 19.8. The number of amides is 2. The van der Waals surface area contributed by atoms with Crippen LogP contribution >= 0.6 is 0 Å². The standard InChI is InChI=1S/C33H40FN3O5S/c1-3-31(33(39)35-27-12-8-9-13-27)36(23-22-25-10-6-5-7-11-25)32(38)24-37(28-16-14-26(34)15-17-28)43(40,41)30-20-18-29(19-21-30)42-4-2/h5-7,10-11,14-21,27,31H,3-4,8-9,12-13,22-24H2,1-2H3,(H,35,39). The van der Waals surface area contributed by atoms with Crippen molar-refractivity contribution in [1.82, 2.24) is 10.2 Å². The Labute approximate surface area is 253 Å². The molecule has 1 fully saturated rings. The van der Waals surface area contributed by atoms with Gasteiger partial charge >= 0.3 is 0 Å². The van der Waals surface area contributed by atoms with Crippen molar-refractivity contribution in [3.63, 3.8) is 0 Å². The minimum atomic E-state index is -4.26. The van der Waals surface area contributed by atoms with Gasteiger partial charge in [-0.15, -0.1) is 0 Å². The zero-order valence-electron chi connectivity index (χ0n) is 24.7. The highest BCUT2D eigenvalue weighted by Gasteiger charge is 2.34. The molecule has 8 nitrogen and oxygen atoms in total. The van der Waals surface area contributed by atoms with Gasteiger partial charge in [-0.25, -0.2) is 12.8 Å². The summed E-state index contributed by atoms with van der Waals surface area (Å²) in [6.07, 6.45) is 4.75. The second-order valence-electron chi connectivity index (χ2n) is 10.6. The number of carbonyl (C=O) groups excluding carboxylic acids is 2. The number of anilines is 1. The Morgan fingerprint density at radius 2 is 1.60 bits per heavy atom. The Bertz CT molecular complexity index is 1440. The van der Waals surface area contributed by atoms with Crippen LogP contribution in [0.3, 0.4) is 0 Å². The van der Waals surface area contributed by atoms with Gasteiger partial charge in [-0.2, -0.15) is 0 Å². The number of ether oxygens (including phenoxy) is 1. The van der Waals surface area contributed by atoms with Gasteiger partial charge in [0.15, 0.2) is 0 Å². The van der Waals surface area contributed by atoms with Crippen LogP contribution in [0.5, 0.6) is 5.75 Å². The molecule has 1 atom stereocenters. The molecule has 0 aromatic heterocycles. The van der Waals surface area contributed by atoms with Gasteiger partial charge in [0.1, 0.15) is 24.2 Å². The van der Waals surface area contributed by atoms with Crippen LogP contribution < -0.4 is 14.4 Å². The van der Waals surface area contributed by atoms with E-state index in [0.29, 0.717) is 25.2 Å². The van der Waals surface area contributed by atoms with Crippen molar-refractivity contribution in [1.29, 1.82) is 0 Å². The minimum Gasteiger partial charge on any atom is -0.494 e. The maximum absolute atomic E-state index is 14.1. The highest BCUT2D eigenvalue weighted by atomic mass is 32.2. The van der Waals surface area contributed by atoms with Crippen LogP contribution in [0.4, 0.5) is 10.1 Å². The van der Waals surface area contributed by atoms with Gasteiger partial charge in [0.05, 0.1) is 17.2 Å². The number of nitrogens with zero attached hydrogens (tertiary/aromatic N) is 2. The van der Waals surface area contributed by atoms with E-state index in [1.807, 2.05) is 44.2 Å². The van der Waals surface area contributed by atoms with Crippen molar-refractivity contribution in [2.75, 3.05) is 24.0 Å². The van der Waals surface area contributed by atoms with Gasteiger partial charge in [-0.05, 0) is 86.7 Å². The largest absolute Gasteiger partial charge is 0.494 e. The lowest BCUT2D eigenvalue weighted by Crippen LogP contribution is -2.54. The lowest BCUT2D eigenvalue weighted by Gasteiger charge is -2.33. The maximum Gasteiger partial charge on any atom is 0.264 e. The maximum atomic E-state index is 14.1. The van der Waals surface area contributed by atoms with E-state index in [1.165, 1.54) is 29.2 Å². The summed E-state index contributed by atoms with van der Waals surface area (Å²) in [4.78, 5) is 29.1. The Kier molecular flexibility index (Phi) is 11.2. The summed E-state index contributed by atoms with van der Waals surface area (Å²) in [5.41, 5.74) is 1.12. The van der Waals surface area contributed by atoms with E-state index in [4.69, 9.17) is 4.74 Å². The quantitative estimate of drug-likeness (QED) is 0.267. The van der Waals surface area contributed by atoms with Crippen molar-refractivity contribution in [3.05, 3.63) is 90.2 Å². The van der Waals surface area contributed by atoms with Crippen LogP contribution in [0.2, 0.25) is 0 Å². The molecule has 0 bridgehead atoms. The Morgan fingerprint density at radius 3 is 2.21 bits per heavy atom. The van der Waals surface area contributed by atoms with Gasteiger partial charge in [0.2, 0.25) is 11.8 Å². The number of hydrogen-bond acceptors (Lipinski definition) is 5. The first-order chi connectivity index (χ1) is 20.7. The Hall–Kier alpha value is -3.92. The molecule has 1 unspecified atom stereocenters. The molecule has 4 rings (SSSR count). The lowest BCUT2D eigenvalue weighted by atomic mass is 10.1. The molecular formula is C33H40FN3O5S. The summed E-state index contributed by atoms with van der Waals surface area (Å²) in [5.74, 6) is -0.786. The molecule has 0 spiro atoms. The topological polar surface area (TPSA) is 96.0 Å². The van der Waals surface area contributed by atoms with Gasteiger partial charge in [-0.1, -0.05) is 50.1 Å². The first-order valence-corrected chi connectivity index (χ1v) is 16.3. The fourth-order valence-electron chi connectivity index (χ4n) is 5.40. The summed E-state index contributed by atoms with van der Waals surface area (Å²) in [5, 5.41) is 3.11. The van der Waals surface area contributed by atoms with Crippen LogP contribution in [-0.4, -0.2) is 56.9 Å². The molecular weight excluding hydrogens is 569 g/mol. The Balaban J connectivity index is 1.66. The van der Waals surface area contributed by atoms with Crippen LogP contribution in [0.15, 0.2) is 83.8 Å². The fourth-order valence-corrected chi connectivity index (χ4v) is 6.82. The van der Waals surface area contributed by atoms with E-state index in [2.05, 4.69) is 5.32 Å². The summed E-state index contributed by atoms with van der Waals surface area (Å²) in [7, 11) is -4.26. The van der Waals surface area contributed by atoms with Gasteiger partial charge < -0.3 is 15.0 Å². The summed E-state index contributed by atoms with van der Waals surface area (Å²) >= 11 is 0. The van der Waals surface area contributed by atoms with E-state index >= 15 is 0 Å². The van der Waals surface area contributed by atoms with E-state index in [0.717, 1.165) is 47.7 Å². The van der Waals surface area contributed by atoms with Gasteiger partial charge in [0.25, 0.3) is 10.0 Å². The fraction of sp³-hybridized carbons (Fsp3) is 0.394. The smallest absolute Gasteiger partial charge is 0.264 e. The molecule has 0 heterocycles. The first-order valence-electron chi connectivity index (χ1n) is 14.9. The zero-order valence-corrected chi connectivity index (χ0v) is 25.6. The van der Waals surface area contributed by atoms with E-state index in [9.17, 15) is 22.4 Å². The number of carbonyl (C=O) groups is 2. The van der Waals surface area contributed by atoms with Crippen molar-refractivity contribution in [3.8, 4) is 5.75 Å². The van der Waals surface area contributed by atoms with Crippen LogP contribution in [0.1, 0.15) is 51.5 Å². The molecule has 230 valence electrons. The van der Waals surface area contributed by atoms with Crippen LogP contribution in [-0.2, 0) is 26.0 Å². The van der Waals surface area contributed by atoms with Gasteiger partial charge in [-0.3, -0.25) is 13.9 Å². The molecule has 3 aromatic carbocycles. The second-order valence-corrected chi connectivity index (χ2v) is 12.5. The minimum absolute atomic E-state index is 0.0464. The monoisotopic (exact) mass is 609 g/mol. The zero-order chi connectivity index (χ0) is 30.8. The number of benzene rings is 3. The molecule has 0 aliphatic heterocycles. The molecule has 1 aliphatic carbocycles. The molecule has 1 N–H and O–H groups in total. The Morgan fingerprint density at radius 1 is 0.953 bits per heavy atom. The molecule has 2 amide bonds. The third-order valence-corrected chi connectivity index (χ3v) is 9.48. The predicted molar refractivity (Wildman–Crippen MR) is 165 cm³/mol. The summed E-state index contributed by atoms with van der Waals surface area (Å²) < 4.78 is 48.2. The molecule has 1 saturated carbocycles. The van der Waals surface area contributed by atoms with Crippen molar-refractivity contribution >= 4 is 27.5 Å². The van der Waals surface area contributed by atoms with Crippen molar-refractivity contribution in [2.45, 2.75) is 69.4 Å². The molecule has 43 heavy (non-hydrogen) atoms. The number of halogens is 1. The van der Waals surface area contributed by atoms with Crippen molar-refractivity contribution < 1.29 is 27.1 Å².